The second-order valence-electron chi connectivity index (χ2n) is 7.97. The van der Waals surface area contributed by atoms with Gasteiger partial charge in [0, 0.05) is 36.5 Å². The average Bonchev–Trinajstić information content (AvgIpc) is 3.32. The molecule has 0 unspecified atom stereocenters. The number of hydrogen-bond donors (Lipinski definition) is 2. The molecule has 1 aliphatic carbocycles. The van der Waals surface area contributed by atoms with Crippen molar-refractivity contribution in [2.24, 2.45) is 3.15 Å². The van der Waals surface area contributed by atoms with Crippen LogP contribution in [-0.2, 0) is 0 Å². The first-order valence-corrected chi connectivity index (χ1v) is 12.9. The molecule has 32 heavy (non-hydrogen) atoms. The Balaban J connectivity index is 1.35. The summed E-state index contributed by atoms with van der Waals surface area (Å²) in [5, 5.41) is 6.58. The lowest BCUT2D eigenvalue weighted by Crippen LogP contribution is -2.28. The minimum absolute atomic E-state index is 0.0806. The summed E-state index contributed by atoms with van der Waals surface area (Å²) in [4.78, 5) is 22.5. The fourth-order valence-corrected chi connectivity index (χ4v) is 5.14. The van der Waals surface area contributed by atoms with Crippen LogP contribution in [0, 0.1) is 0 Å². The van der Waals surface area contributed by atoms with Crippen molar-refractivity contribution in [1.82, 2.24) is 18.4 Å². The smallest absolute Gasteiger partial charge is 0.251 e. The van der Waals surface area contributed by atoms with Gasteiger partial charge in [-0.3, -0.25) is 4.79 Å². The van der Waals surface area contributed by atoms with Gasteiger partial charge in [0.25, 0.3) is 5.91 Å². The normalized spacial score (nSPS) is 15.4. The zero-order valence-electron chi connectivity index (χ0n) is 17.7. The Morgan fingerprint density at radius 2 is 1.97 bits per heavy atom. The lowest BCUT2D eigenvalue weighted by atomic mass is 9.93. The lowest BCUT2D eigenvalue weighted by molar-refractivity contribution is 0.0953. The number of benzene rings is 2. The van der Waals surface area contributed by atoms with E-state index in [2.05, 4.69) is 16.9 Å². The van der Waals surface area contributed by atoms with Crippen molar-refractivity contribution in [3.63, 3.8) is 0 Å². The molecule has 5 rings (SSSR count). The van der Waals surface area contributed by atoms with Crippen LogP contribution >= 0.6 is 21.3 Å². The van der Waals surface area contributed by atoms with Crippen LogP contribution in [0.2, 0.25) is 0 Å². The highest BCUT2D eigenvalue weighted by Gasteiger charge is 2.21. The number of anilines is 1. The Bertz CT molecular complexity index is 1160. The summed E-state index contributed by atoms with van der Waals surface area (Å²) in [6.07, 6.45) is 8.36. The standard InChI is InChI=1S/C24H25IN6O/c32-24(26-12-5-14-31-15-13-27-25-31)18-10-11-20-21(16-18)29-22(17-6-2-1-3-7-17)23(30-20)28-19-8-4-9-19/h1-3,6-7,10-11,13,15-16,19H,4-5,8-9,12,14H2,(H,26,32)(H,28,30). The molecule has 7 nitrogen and oxygen atoms in total. The van der Waals surface area contributed by atoms with Gasteiger partial charge in [-0.2, -0.15) is 0 Å². The molecular weight excluding hydrogens is 515 g/mol. The number of rotatable bonds is 8. The third kappa shape index (κ3) is 4.79. The van der Waals surface area contributed by atoms with Crippen molar-refractivity contribution >= 4 is 44.1 Å². The topological polar surface area (TPSA) is 82.5 Å². The molecule has 2 aromatic carbocycles. The van der Waals surface area contributed by atoms with E-state index in [4.69, 9.17) is 9.97 Å². The van der Waals surface area contributed by atoms with E-state index in [1.807, 2.05) is 60.9 Å². The van der Waals surface area contributed by atoms with E-state index in [1.165, 1.54) is 6.42 Å². The molecule has 164 valence electrons. The van der Waals surface area contributed by atoms with Crippen molar-refractivity contribution in [1.29, 1.82) is 0 Å². The van der Waals surface area contributed by atoms with E-state index in [0.29, 0.717) is 18.2 Å². The Morgan fingerprint density at radius 1 is 1.09 bits per heavy atom. The summed E-state index contributed by atoms with van der Waals surface area (Å²) in [6, 6.07) is 16.1. The molecule has 1 fully saturated rings. The zero-order chi connectivity index (χ0) is 21.8. The van der Waals surface area contributed by atoms with Crippen LogP contribution in [0.5, 0.6) is 0 Å². The zero-order valence-corrected chi connectivity index (χ0v) is 19.8. The molecule has 0 radical (unpaired) electrons. The fourth-order valence-electron chi connectivity index (χ4n) is 3.69. The Hall–Kier alpha value is -2.88. The van der Waals surface area contributed by atoms with Gasteiger partial charge >= 0.3 is 0 Å². The number of nitrogens with one attached hydrogen (secondary N) is 2. The maximum atomic E-state index is 12.7. The molecule has 3 aromatic rings. The highest BCUT2D eigenvalue weighted by Crippen LogP contribution is 2.31. The van der Waals surface area contributed by atoms with Crippen LogP contribution < -0.4 is 10.6 Å². The predicted molar refractivity (Wildman–Crippen MR) is 135 cm³/mol. The molecular formula is C24H25IN6O. The molecule has 0 saturated heterocycles. The van der Waals surface area contributed by atoms with Crippen LogP contribution in [0.15, 0.2) is 64.1 Å². The monoisotopic (exact) mass is 540 g/mol. The number of halogens is 1. The molecule has 1 saturated carbocycles. The summed E-state index contributed by atoms with van der Waals surface area (Å²) in [5.41, 5.74) is 3.97. The van der Waals surface area contributed by atoms with Gasteiger partial charge in [0.2, 0.25) is 0 Å². The third-order valence-electron chi connectivity index (χ3n) is 5.68. The number of nitrogens with zero attached hydrogens (tertiary/aromatic N) is 4. The quantitative estimate of drug-likeness (QED) is 0.232. The molecule has 8 heteroatoms. The largest absolute Gasteiger partial charge is 0.366 e. The molecule has 2 heterocycles. The first kappa shape index (κ1) is 21.0. The SMILES string of the molecule is O=C(NCCCN1C=CN=I1)c1ccc2nc(NC3CCC3)c(-c3ccccc3)nc2c1. The Morgan fingerprint density at radius 3 is 2.72 bits per heavy atom. The second kappa shape index (κ2) is 9.72. The molecule has 0 spiro atoms. The van der Waals surface area contributed by atoms with E-state index in [-0.39, 0.29) is 27.2 Å². The van der Waals surface area contributed by atoms with Gasteiger partial charge in [0.05, 0.1) is 17.2 Å². The van der Waals surface area contributed by atoms with Crippen LogP contribution in [0.3, 0.4) is 0 Å². The summed E-state index contributed by atoms with van der Waals surface area (Å²) < 4.78 is 6.50. The van der Waals surface area contributed by atoms with Gasteiger partial charge in [-0.15, -0.1) is 0 Å². The number of amides is 1. The third-order valence-corrected chi connectivity index (χ3v) is 7.61. The van der Waals surface area contributed by atoms with Gasteiger partial charge in [-0.25, -0.2) is 13.1 Å². The summed E-state index contributed by atoms with van der Waals surface area (Å²) in [6.45, 7) is 1.56. The van der Waals surface area contributed by atoms with E-state index in [9.17, 15) is 4.79 Å². The number of aromatic nitrogens is 2. The van der Waals surface area contributed by atoms with Gasteiger partial charge in [0.1, 0.15) is 27.0 Å². The van der Waals surface area contributed by atoms with E-state index in [0.717, 1.165) is 53.9 Å². The number of fused-ring (bicyclic) bond motifs is 1. The maximum absolute atomic E-state index is 12.7. The van der Waals surface area contributed by atoms with E-state index >= 15 is 0 Å². The number of carbonyl (C=O) groups is 1. The number of carbonyl (C=O) groups excluding carboxylic acids is 1. The minimum atomic E-state index is -0.237. The van der Waals surface area contributed by atoms with Crippen LogP contribution in [0.1, 0.15) is 36.0 Å². The molecule has 1 aromatic heterocycles. The Kier molecular flexibility index (Phi) is 6.38. The maximum Gasteiger partial charge on any atom is 0.251 e. The second-order valence-corrected chi connectivity index (χ2v) is 10.2. The van der Waals surface area contributed by atoms with Crippen LogP contribution in [0.4, 0.5) is 5.82 Å². The van der Waals surface area contributed by atoms with Crippen molar-refractivity contribution in [3.8, 4) is 11.3 Å². The van der Waals surface area contributed by atoms with Gasteiger partial charge in [-0.1, -0.05) is 30.3 Å². The van der Waals surface area contributed by atoms with Crippen molar-refractivity contribution in [3.05, 3.63) is 66.5 Å². The molecule has 1 aliphatic heterocycles. The molecule has 1 amide bonds. The average molecular weight is 540 g/mol. The summed E-state index contributed by atoms with van der Waals surface area (Å²) in [5.74, 6) is 0.735. The van der Waals surface area contributed by atoms with Gasteiger partial charge in [0.15, 0.2) is 5.82 Å². The lowest BCUT2D eigenvalue weighted by Gasteiger charge is -2.27. The van der Waals surface area contributed by atoms with Crippen LogP contribution in [-0.4, -0.2) is 38.1 Å². The highest BCUT2D eigenvalue weighted by atomic mass is 127. The summed E-state index contributed by atoms with van der Waals surface area (Å²) >= 11 is -0.237. The number of hydrogen-bond acceptors (Lipinski definition) is 6. The molecule has 2 aliphatic rings. The first-order valence-electron chi connectivity index (χ1n) is 11.0. The van der Waals surface area contributed by atoms with Crippen molar-refractivity contribution in [2.45, 2.75) is 31.7 Å². The predicted octanol–water partition coefficient (Wildman–Crippen LogP) is 5.24. The highest BCUT2D eigenvalue weighted by molar-refractivity contribution is 14.1. The molecule has 0 bridgehead atoms. The van der Waals surface area contributed by atoms with Gasteiger partial charge < -0.3 is 13.7 Å². The van der Waals surface area contributed by atoms with E-state index in [1.54, 1.807) is 0 Å². The van der Waals surface area contributed by atoms with Crippen molar-refractivity contribution in [2.75, 3.05) is 18.4 Å². The first-order chi connectivity index (χ1) is 15.8. The van der Waals surface area contributed by atoms with E-state index < -0.39 is 0 Å². The van der Waals surface area contributed by atoms with Gasteiger partial charge in [-0.05, 0) is 43.9 Å². The minimum Gasteiger partial charge on any atom is -0.366 e. The summed E-state index contributed by atoms with van der Waals surface area (Å²) in [7, 11) is 0. The van der Waals surface area contributed by atoms with Crippen LogP contribution in [0.25, 0.3) is 22.3 Å². The molecule has 2 N–H and O–H groups in total. The molecule has 0 atom stereocenters. The Labute approximate surface area is 197 Å². The fraction of sp³-hybridized carbons (Fsp3) is 0.292. The van der Waals surface area contributed by atoms with Crippen molar-refractivity contribution < 1.29 is 4.79 Å².